The van der Waals surface area contributed by atoms with Crippen molar-refractivity contribution in [2.45, 2.75) is 110 Å². The van der Waals surface area contributed by atoms with E-state index < -0.39 is 36.5 Å². The monoisotopic (exact) mass is 586 g/mol. The van der Waals surface area contributed by atoms with Gasteiger partial charge in [0.1, 0.15) is 12.2 Å². The minimum atomic E-state index is -0.941. The number of cyclic esters (lactones) is 1. The van der Waals surface area contributed by atoms with Gasteiger partial charge in [0, 0.05) is 30.7 Å². The highest BCUT2D eigenvalue weighted by Crippen LogP contribution is 2.21. The third-order valence-corrected chi connectivity index (χ3v) is 6.68. The molecule has 0 aromatic heterocycles. The Kier molecular flexibility index (Phi) is 17.8. The van der Waals surface area contributed by atoms with E-state index in [1.165, 1.54) is 12.2 Å². The number of carbonyl (C=O) groups excluding carboxylic acids is 3. The normalized spacial score (nSPS) is 24.7. The van der Waals surface area contributed by atoms with E-state index in [1.807, 2.05) is 58.9 Å². The molecule has 0 radical (unpaired) electrons. The van der Waals surface area contributed by atoms with Crippen molar-refractivity contribution in [1.29, 1.82) is 0 Å². The average Bonchev–Trinajstić information content (AvgIpc) is 2.89. The Morgan fingerprint density at radius 2 is 1.86 bits per heavy atom. The molecule has 0 bridgehead atoms. The molecule has 1 aliphatic heterocycles. The molecule has 234 valence electrons. The Morgan fingerprint density at radius 3 is 2.55 bits per heavy atom. The number of carbonyl (C=O) groups is 3. The molecule has 1 aliphatic rings. The van der Waals surface area contributed by atoms with Gasteiger partial charge in [0.2, 0.25) is 5.91 Å². The predicted molar refractivity (Wildman–Crippen MR) is 165 cm³/mol. The number of aliphatic hydroxyl groups excluding tert-OH is 2. The lowest BCUT2D eigenvalue weighted by Gasteiger charge is -2.23. The first kappa shape index (κ1) is 36.6. The van der Waals surface area contributed by atoms with Crippen molar-refractivity contribution in [2.24, 2.45) is 11.7 Å². The highest BCUT2D eigenvalue weighted by molar-refractivity contribution is 5.88. The van der Waals surface area contributed by atoms with Gasteiger partial charge in [-0.05, 0) is 78.7 Å². The number of ether oxygens (including phenoxy) is 2. The van der Waals surface area contributed by atoms with Gasteiger partial charge in [-0.15, -0.1) is 0 Å². The minimum Gasteiger partial charge on any atom is -0.458 e. The highest BCUT2D eigenvalue weighted by Gasteiger charge is 2.23. The summed E-state index contributed by atoms with van der Waals surface area (Å²) in [4.78, 5) is 35.8. The second-order valence-electron chi connectivity index (χ2n) is 11.1. The van der Waals surface area contributed by atoms with E-state index in [9.17, 15) is 24.6 Å². The number of nitrogens with one attached hydrogen (secondary N) is 1. The number of amides is 2. The van der Waals surface area contributed by atoms with Gasteiger partial charge < -0.3 is 30.7 Å². The van der Waals surface area contributed by atoms with Crippen LogP contribution in [0.25, 0.3) is 0 Å². The summed E-state index contributed by atoms with van der Waals surface area (Å²) in [6.07, 6.45) is 16.0. The first-order valence-electron chi connectivity index (χ1n) is 14.7. The van der Waals surface area contributed by atoms with Crippen molar-refractivity contribution in [2.75, 3.05) is 0 Å². The van der Waals surface area contributed by atoms with Crippen LogP contribution in [0, 0.1) is 5.92 Å². The highest BCUT2D eigenvalue weighted by atomic mass is 16.6. The third-order valence-electron chi connectivity index (χ3n) is 6.68. The van der Waals surface area contributed by atoms with Crippen molar-refractivity contribution in [3.63, 3.8) is 0 Å². The summed E-state index contributed by atoms with van der Waals surface area (Å²) < 4.78 is 11.0. The molecular formula is C33H50N2O7. The van der Waals surface area contributed by atoms with E-state index >= 15 is 0 Å². The fraction of sp³-hybridized carbons (Fsp3) is 0.545. The zero-order valence-corrected chi connectivity index (χ0v) is 25.8. The number of primary amides is 1. The molecule has 0 unspecified atom stereocenters. The maximum atomic E-state index is 12.7. The lowest BCUT2D eigenvalue weighted by Crippen LogP contribution is -2.34. The molecule has 0 saturated carbocycles. The van der Waals surface area contributed by atoms with Crippen LogP contribution in [0.5, 0.6) is 0 Å². The number of rotatable bonds is 6. The summed E-state index contributed by atoms with van der Waals surface area (Å²) >= 11 is 0. The van der Waals surface area contributed by atoms with Gasteiger partial charge in [0.05, 0.1) is 12.2 Å². The smallest absolute Gasteiger partial charge is 0.404 e. The topological polar surface area (TPSA) is 148 Å². The molecular weight excluding hydrogens is 536 g/mol. The molecule has 9 heteroatoms. The first-order valence-corrected chi connectivity index (χ1v) is 14.7. The average molecular weight is 587 g/mol. The zero-order chi connectivity index (χ0) is 31.5. The lowest BCUT2D eigenvalue weighted by atomic mass is 9.95. The van der Waals surface area contributed by atoms with E-state index in [0.717, 1.165) is 16.7 Å². The van der Waals surface area contributed by atoms with Crippen LogP contribution in [0.3, 0.4) is 0 Å². The minimum absolute atomic E-state index is 0.117. The fourth-order valence-electron chi connectivity index (χ4n) is 4.46. The summed E-state index contributed by atoms with van der Waals surface area (Å²) in [6, 6.07) is 0. The molecule has 1 heterocycles. The molecule has 5 atom stereocenters. The summed E-state index contributed by atoms with van der Waals surface area (Å²) in [7, 11) is 0. The lowest BCUT2D eigenvalue weighted by molar-refractivity contribution is -0.144. The maximum absolute atomic E-state index is 12.7. The van der Waals surface area contributed by atoms with Gasteiger partial charge in [0.15, 0.2) is 0 Å². The number of esters is 1. The fourth-order valence-corrected chi connectivity index (χ4v) is 4.46. The van der Waals surface area contributed by atoms with Crippen molar-refractivity contribution < 1.29 is 34.1 Å². The van der Waals surface area contributed by atoms with Crippen LogP contribution in [0.1, 0.15) is 86.0 Å². The van der Waals surface area contributed by atoms with Gasteiger partial charge in [-0.2, -0.15) is 0 Å². The summed E-state index contributed by atoms with van der Waals surface area (Å²) in [6.45, 7) is 9.56. The zero-order valence-electron chi connectivity index (χ0n) is 25.8. The van der Waals surface area contributed by atoms with Gasteiger partial charge in [0.25, 0.3) is 0 Å². The Hall–Kier alpha value is -3.43. The van der Waals surface area contributed by atoms with E-state index in [4.69, 9.17) is 15.2 Å². The van der Waals surface area contributed by atoms with Gasteiger partial charge in [-0.3, -0.25) is 4.79 Å². The Balaban J connectivity index is 3.07. The summed E-state index contributed by atoms with van der Waals surface area (Å²) in [5.41, 5.74) is 8.02. The van der Waals surface area contributed by atoms with Crippen LogP contribution in [0.4, 0.5) is 4.79 Å². The standard InChI is InChI=1S/C33H50N2O7/c1-23(2)20-31(38)35-19-18-25(4)21-26(5)30-22-24(3)12-8-6-10-14-29(42-33(34)40)28(37)17-16-27(36)13-9-7-11-15-32(39)41-30/h6,8,11-12,15,18-21,26-30,36-37H,7,9-10,13-14,16-17,22H2,1-5H3,(H2,34,40)(H,35,38)/t26-,27+,28+,29+,30+/m0/s1. The van der Waals surface area contributed by atoms with E-state index in [-0.39, 0.29) is 18.2 Å². The van der Waals surface area contributed by atoms with Crippen LogP contribution < -0.4 is 11.1 Å². The quantitative estimate of drug-likeness (QED) is 0.184. The van der Waals surface area contributed by atoms with Crippen molar-refractivity contribution in [3.05, 3.63) is 71.5 Å². The molecule has 42 heavy (non-hydrogen) atoms. The molecule has 0 aromatic carbocycles. The second-order valence-corrected chi connectivity index (χ2v) is 11.1. The SMILES string of the molecule is CC(C)=CC(=O)NC=CC(C)=C[C@H](C)[C@H]1CC(C)=CC=CCC[C@@H](OC(N)=O)[C@H](O)CC[C@H](O)CCCC=CC(=O)O1. The number of hydrogen-bond donors (Lipinski definition) is 4. The van der Waals surface area contributed by atoms with Crippen LogP contribution in [0.2, 0.25) is 0 Å². The third kappa shape index (κ3) is 17.4. The maximum Gasteiger partial charge on any atom is 0.404 e. The Morgan fingerprint density at radius 1 is 1.12 bits per heavy atom. The van der Waals surface area contributed by atoms with Crippen LogP contribution in [-0.4, -0.2) is 52.6 Å². The molecule has 9 nitrogen and oxygen atoms in total. The van der Waals surface area contributed by atoms with Crippen LogP contribution in [0.15, 0.2) is 71.5 Å². The second kappa shape index (κ2) is 20.4. The largest absolute Gasteiger partial charge is 0.458 e. The molecule has 0 aromatic rings. The van der Waals surface area contributed by atoms with Crippen molar-refractivity contribution >= 4 is 18.0 Å². The van der Waals surface area contributed by atoms with Crippen molar-refractivity contribution in [1.82, 2.24) is 5.32 Å². The van der Waals surface area contributed by atoms with Gasteiger partial charge >= 0.3 is 12.1 Å². The van der Waals surface area contributed by atoms with Gasteiger partial charge in [-0.25, -0.2) is 9.59 Å². The van der Waals surface area contributed by atoms with E-state index in [1.54, 1.807) is 18.4 Å². The Labute approximate surface area is 250 Å². The van der Waals surface area contributed by atoms with E-state index in [2.05, 4.69) is 5.32 Å². The molecule has 2 amide bonds. The molecule has 0 aliphatic carbocycles. The number of aliphatic hydroxyl groups is 2. The number of nitrogens with two attached hydrogens (primary N) is 1. The van der Waals surface area contributed by atoms with Gasteiger partial charge in [-0.1, -0.05) is 54.0 Å². The first-order chi connectivity index (χ1) is 19.9. The summed E-state index contributed by atoms with van der Waals surface area (Å²) in [5, 5.41) is 23.6. The molecule has 1 rings (SSSR count). The molecule has 0 spiro atoms. The molecule has 0 fully saturated rings. The van der Waals surface area contributed by atoms with Crippen molar-refractivity contribution in [3.8, 4) is 0 Å². The Bertz CT molecular complexity index is 1050. The predicted octanol–water partition coefficient (Wildman–Crippen LogP) is 5.46. The van der Waals surface area contributed by atoms with Crippen LogP contribution in [-0.2, 0) is 19.1 Å². The van der Waals surface area contributed by atoms with Crippen LogP contribution >= 0.6 is 0 Å². The van der Waals surface area contributed by atoms with E-state index in [0.29, 0.717) is 44.9 Å². The number of hydrogen-bond acceptors (Lipinski definition) is 7. The number of allylic oxidation sites excluding steroid dienone is 7. The summed E-state index contributed by atoms with van der Waals surface area (Å²) in [5.74, 6) is -0.739. The molecule has 5 N–H and O–H groups in total. The molecule has 0 saturated heterocycles.